The molecule has 10 heteroatoms. The predicted octanol–water partition coefficient (Wildman–Crippen LogP) is 6.76. The molecule has 0 radical (unpaired) electrons. The van der Waals surface area contributed by atoms with Crippen molar-refractivity contribution < 1.29 is 13.2 Å². The fourth-order valence-corrected chi connectivity index (χ4v) is 5.03. The molecule has 38 heavy (non-hydrogen) atoms. The lowest BCUT2D eigenvalue weighted by molar-refractivity contribution is 0.151. The highest BCUT2D eigenvalue weighted by atomic mass is 35.5. The number of nitrogens with one attached hydrogen (secondary N) is 1. The highest BCUT2D eigenvalue weighted by Gasteiger charge is 2.23. The van der Waals surface area contributed by atoms with Gasteiger partial charge in [0, 0.05) is 35.5 Å². The molecule has 1 aliphatic carbocycles. The van der Waals surface area contributed by atoms with Gasteiger partial charge in [-0.15, -0.1) is 0 Å². The molecule has 2 aromatic heterocycles. The summed E-state index contributed by atoms with van der Waals surface area (Å²) < 4.78 is 42.4. The van der Waals surface area contributed by atoms with Crippen LogP contribution in [0, 0.1) is 12.7 Å². The van der Waals surface area contributed by atoms with Gasteiger partial charge in [0.15, 0.2) is 0 Å². The summed E-state index contributed by atoms with van der Waals surface area (Å²) in [5, 5.41) is 8.40. The lowest BCUT2D eigenvalue weighted by Crippen LogP contribution is -2.33. The minimum Gasteiger partial charge on any atom is -0.383 e. The molecule has 5 rings (SSSR count). The molecule has 0 unspecified atom stereocenters. The van der Waals surface area contributed by atoms with Crippen LogP contribution in [0.5, 0.6) is 0 Å². The van der Waals surface area contributed by atoms with Crippen molar-refractivity contribution >= 4 is 34.3 Å². The number of rotatable bonds is 6. The van der Waals surface area contributed by atoms with Crippen molar-refractivity contribution in [2.24, 2.45) is 16.5 Å². The first kappa shape index (κ1) is 26.1. The van der Waals surface area contributed by atoms with Gasteiger partial charge >= 0.3 is 0 Å². The van der Waals surface area contributed by atoms with Gasteiger partial charge in [-0.25, -0.2) is 22.7 Å². The van der Waals surface area contributed by atoms with E-state index < -0.39 is 12.2 Å². The van der Waals surface area contributed by atoms with Gasteiger partial charge in [-0.05, 0) is 68.0 Å². The number of aryl methyl sites for hydroxylation is 1. The Morgan fingerprint density at radius 3 is 2.63 bits per heavy atom. The summed E-state index contributed by atoms with van der Waals surface area (Å²) in [4.78, 5) is 4.40. The van der Waals surface area contributed by atoms with Gasteiger partial charge < -0.3 is 16.8 Å². The fourth-order valence-electron chi connectivity index (χ4n) is 4.87. The van der Waals surface area contributed by atoms with E-state index in [-0.39, 0.29) is 34.2 Å². The average molecular weight is 541 g/mol. The van der Waals surface area contributed by atoms with E-state index in [9.17, 15) is 13.2 Å². The van der Waals surface area contributed by atoms with Crippen molar-refractivity contribution in [1.82, 2.24) is 9.61 Å². The topological polar surface area (TPSA) is 93.7 Å². The standard InChI is InChI=1S/C28H28ClF3N6/c1-15-2-3-16(27(31)32)10-21(15)17-11-25-26(36-20-7-5-19(33)6-8-20)22(13-35-38(25)14-17)28(34)37-24-12-18(30)4-9-23(24)29/h2-4,9-14,19-20,27,36H,5-8,33H2,1H3,(H2,34,37). The number of fused-ring (bicyclic) bond motifs is 1. The van der Waals surface area contributed by atoms with E-state index in [0.717, 1.165) is 36.8 Å². The molecule has 0 spiro atoms. The molecule has 2 aromatic carbocycles. The summed E-state index contributed by atoms with van der Waals surface area (Å²) in [6.45, 7) is 1.88. The van der Waals surface area contributed by atoms with Crippen molar-refractivity contribution in [3.63, 3.8) is 0 Å². The lowest BCUT2D eigenvalue weighted by atomic mass is 9.91. The number of nitrogens with zero attached hydrogens (tertiary/aromatic N) is 3. The van der Waals surface area contributed by atoms with Crippen LogP contribution >= 0.6 is 11.6 Å². The molecule has 2 heterocycles. The highest BCUT2D eigenvalue weighted by molar-refractivity contribution is 6.33. The number of hydrogen-bond donors (Lipinski definition) is 3. The molecule has 0 aliphatic heterocycles. The normalized spacial score (nSPS) is 18.3. The Balaban J connectivity index is 1.63. The molecular weight excluding hydrogens is 513 g/mol. The summed E-state index contributed by atoms with van der Waals surface area (Å²) in [5.41, 5.74) is 16.9. The zero-order chi connectivity index (χ0) is 27.0. The number of aliphatic imine (C=N–C) groups is 1. The maximum Gasteiger partial charge on any atom is 0.263 e. The van der Waals surface area contributed by atoms with Crippen LogP contribution in [0.25, 0.3) is 16.6 Å². The van der Waals surface area contributed by atoms with E-state index in [1.807, 2.05) is 13.0 Å². The quantitative estimate of drug-likeness (QED) is 0.186. The number of nitrogens with two attached hydrogens (primary N) is 2. The smallest absolute Gasteiger partial charge is 0.263 e. The third-order valence-electron chi connectivity index (χ3n) is 7.01. The molecule has 1 fully saturated rings. The van der Waals surface area contributed by atoms with Crippen LogP contribution in [0.3, 0.4) is 0 Å². The van der Waals surface area contributed by atoms with Crippen LogP contribution < -0.4 is 16.8 Å². The fraction of sp³-hybridized carbons (Fsp3) is 0.286. The predicted molar refractivity (Wildman–Crippen MR) is 146 cm³/mol. The summed E-state index contributed by atoms with van der Waals surface area (Å²) in [5.74, 6) is -0.370. The van der Waals surface area contributed by atoms with Gasteiger partial charge in [0.2, 0.25) is 0 Å². The number of hydrogen-bond acceptors (Lipinski definition) is 4. The van der Waals surface area contributed by atoms with Crippen LogP contribution in [0.15, 0.2) is 59.9 Å². The summed E-state index contributed by atoms with van der Waals surface area (Å²) in [7, 11) is 0. The Hall–Kier alpha value is -3.56. The largest absolute Gasteiger partial charge is 0.383 e. The Bertz CT molecular complexity index is 1510. The average Bonchev–Trinajstić information content (AvgIpc) is 3.32. The van der Waals surface area contributed by atoms with E-state index in [1.54, 1.807) is 23.0 Å². The molecule has 0 atom stereocenters. The van der Waals surface area contributed by atoms with Crippen molar-refractivity contribution in [2.75, 3.05) is 5.32 Å². The van der Waals surface area contributed by atoms with Crippen LogP contribution in [0.1, 0.15) is 48.8 Å². The van der Waals surface area contributed by atoms with Gasteiger partial charge in [-0.2, -0.15) is 5.10 Å². The molecule has 1 aliphatic rings. The van der Waals surface area contributed by atoms with Gasteiger partial charge in [-0.3, -0.25) is 0 Å². The van der Waals surface area contributed by atoms with E-state index in [1.165, 1.54) is 30.3 Å². The lowest BCUT2D eigenvalue weighted by Gasteiger charge is -2.28. The van der Waals surface area contributed by atoms with Crippen LogP contribution in [0.4, 0.5) is 24.5 Å². The van der Waals surface area contributed by atoms with Crippen molar-refractivity contribution in [3.05, 3.63) is 82.4 Å². The summed E-state index contributed by atoms with van der Waals surface area (Å²) in [6, 6.07) is 10.7. The van der Waals surface area contributed by atoms with E-state index >= 15 is 0 Å². The Morgan fingerprint density at radius 1 is 1.13 bits per heavy atom. The second-order valence-electron chi connectivity index (χ2n) is 9.72. The first-order valence-electron chi connectivity index (χ1n) is 12.4. The maximum atomic E-state index is 13.8. The Morgan fingerprint density at radius 2 is 1.89 bits per heavy atom. The molecular formula is C28H28ClF3N6. The van der Waals surface area contributed by atoms with Crippen molar-refractivity contribution in [1.29, 1.82) is 0 Å². The number of benzene rings is 2. The summed E-state index contributed by atoms with van der Waals surface area (Å²) in [6.07, 6.45) is 4.36. The summed E-state index contributed by atoms with van der Waals surface area (Å²) >= 11 is 6.22. The first-order valence-corrected chi connectivity index (χ1v) is 12.8. The van der Waals surface area contributed by atoms with Gasteiger partial charge in [0.05, 0.1) is 33.7 Å². The molecule has 1 saturated carbocycles. The Kier molecular flexibility index (Phi) is 7.32. The number of amidine groups is 1. The van der Waals surface area contributed by atoms with E-state index in [2.05, 4.69) is 15.4 Å². The molecule has 5 N–H and O–H groups in total. The zero-order valence-electron chi connectivity index (χ0n) is 20.8. The molecule has 0 bridgehead atoms. The second-order valence-corrected chi connectivity index (χ2v) is 10.1. The SMILES string of the molecule is Cc1ccc(C(F)F)cc1-c1cc2c(NC3CCC(N)CC3)c(C(N)=Nc3cc(F)ccc3Cl)cnn2c1. The third-order valence-corrected chi connectivity index (χ3v) is 7.33. The molecule has 6 nitrogen and oxygen atoms in total. The van der Waals surface area contributed by atoms with E-state index in [4.69, 9.17) is 23.1 Å². The van der Waals surface area contributed by atoms with Gasteiger partial charge in [-0.1, -0.05) is 23.7 Å². The molecule has 0 amide bonds. The van der Waals surface area contributed by atoms with Gasteiger partial charge in [0.1, 0.15) is 11.7 Å². The highest BCUT2D eigenvalue weighted by Crippen LogP contribution is 2.34. The number of halogens is 4. The number of anilines is 1. The minimum atomic E-state index is -2.57. The third kappa shape index (κ3) is 5.35. The maximum absolute atomic E-state index is 13.8. The van der Waals surface area contributed by atoms with Gasteiger partial charge in [0.25, 0.3) is 6.43 Å². The number of aromatic nitrogens is 2. The number of alkyl halides is 2. The zero-order valence-corrected chi connectivity index (χ0v) is 21.5. The van der Waals surface area contributed by atoms with Crippen molar-refractivity contribution in [3.8, 4) is 11.1 Å². The first-order chi connectivity index (χ1) is 18.2. The monoisotopic (exact) mass is 540 g/mol. The van der Waals surface area contributed by atoms with Crippen LogP contribution in [-0.2, 0) is 0 Å². The molecule has 0 saturated heterocycles. The van der Waals surface area contributed by atoms with Crippen molar-refractivity contribution in [2.45, 2.75) is 51.1 Å². The molecule has 198 valence electrons. The second kappa shape index (κ2) is 10.7. The van der Waals surface area contributed by atoms with Crippen LogP contribution in [0.2, 0.25) is 5.02 Å². The Labute approximate surface area is 223 Å². The van der Waals surface area contributed by atoms with E-state index in [0.29, 0.717) is 22.3 Å². The minimum absolute atomic E-state index is 0.0465. The van der Waals surface area contributed by atoms with Crippen LogP contribution in [-0.4, -0.2) is 27.5 Å². The molecule has 4 aromatic rings.